The second-order valence-electron chi connectivity index (χ2n) is 3.06. The third-order valence-corrected chi connectivity index (χ3v) is 2.86. The number of hydrogen-bond acceptors (Lipinski definition) is 3. The monoisotopic (exact) mass is 218 g/mol. The molecule has 15 heavy (non-hydrogen) atoms. The van der Waals surface area contributed by atoms with E-state index >= 15 is 0 Å². The number of nitrogens with zero attached hydrogens (tertiary/aromatic N) is 1. The van der Waals surface area contributed by atoms with Crippen LogP contribution in [0.2, 0.25) is 0 Å². The molecule has 2 rings (SSSR count). The summed E-state index contributed by atoms with van der Waals surface area (Å²) in [6.07, 6.45) is 1.65. The zero-order chi connectivity index (χ0) is 10.7. The Bertz CT molecular complexity index is 464. The predicted octanol–water partition coefficient (Wildman–Crippen LogP) is 2.70. The van der Waals surface area contributed by atoms with Crippen LogP contribution in [-0.2, 0) is 0 Å². The van der Waals surface area contributed by atoms with E-state index in [-0.39, 0.29) is 5.91 Å². The number of aromatic nitrogens is 1. The number of aryl methyl sites for hydroxylation is 1. The van der Waals surface area contributed by atoms with Gasteiger partial charge in [0.05, 0.1) is 5.56 Å². The fourth-order valence-electron chi connectivity index (χ4n) is 1.24. The third-order valence-electron chi connectivity index (χ3n) is 2.01. The van der Waals surface area contributed by atoms with Crippen molar-refractivity contribution in [2.45, 2.75) is 6.92 Å². The number of anilines is 1. The molecule has 0 atom stereocenters. The van der Waals surface area contributed by atoms with Crippen LogP contribution in [0, 0.1) is 6.92 Å². The molecule has 2 aromatic rings. The van der Waals surface area contributed by atoms with Crippen LogP contribution in [0.5, 0.6) is 0 Å². The predicted molar refractivity (Wildman–Crippen MR) is 61.2 cm³/mol. The number of carbonyl (C=O) groups is 1. The maximum Gasteiger partial charge on any atom is 0.257 e. The fraction of sp³-hybridized carbons (Fsp3) is 0.0909. The lowest BCUT2D eigenvalue weighted by Gasteiger charge is -2.02. The Balaban J connectivity index is 2.15. The summed E-state index contributed by atoms with van der Waals surface area (Å²) in [6.45, 7) is 1.93. The molecule has 4 heteroatoms. The Hall–Kier alpha value is -1.68. The molecule has 0 saturated carbocycles. The molecule has 2 aromatic heterocycles. The van der Waals surface area contributed by atoms with Gasteiger partial charge in [-0.1, -0.05) is 6.07 Å². The normalized spacial score (nSPS) is 9.93. The lowest BCUT2D eigenvalue weighted by Crippen LogP contribution is -2.12. The molecule has 0 aliphatic rings. The number of nitrogens with one attached hydrogen (secondary N) is 1. The topological polar surface area (TPSA) is 42.0 Å². The average Bonchev–Trinajstić information content (AvgIpc) is 2.66. The molecule has 0 radical (unpaired) electrons. The Labute approximate surface area is 91.8 Å². The number of hydrogen-bond donors (Lipinski definition) is 1. The first-order valence-corrected chi connectivity index (χ1v) is 5.42. The van der Waals surface area contributed by atoms with E-state index in [9.17, 15) is 4.79 Å². The smallest absolute Gasteiger partial charge is 0.257 e. The van der Waals surface area contributed by atoms with Crippen molar-refractivity contribution < 1.29 is 4.79 Å². The van der Waals surface area contributed by atoms with Crippen LogP contribution in [0.3, 0.4) is 0 Å². The largest absolute Gasteiger partial charge is 0.307 e. The summed E-state index contributed by atoms with van der Waals surface area (Å²) in [5, 5.41) is 4.65. The van der Waals surface area contributed by atoms with Crippen molar-refractivity contribution in [3.8, 4) is 0 Å². The molecule has 1 N–H and O–H groups in total. The molecule has 0 aromatic carbocycles. The highest BCUT2D eigenvalue weighted by atomic mass is 32.1. The molecule has 0 saturated heterocycles. The zero-order valence-electron chi connectivity index (χ0n) is 8.23. The van der Waals surface area contributed by atoms with Crippen LogP contribution in [0.1, 0.15) is 15.2 Å². The number of carbonyl (C=O) groups excluding carboxylic acids is 1. The number of pyridine rings is 1. The van der Waals surface area contributed by atoms with Crippen molar-refractivity contribution in [3.05, 3.63) is 46.3 Å². The molecule has 3 nitrogen and oxygen atoms in total. The molecular weight excluding hydrogens is 208 g/mol. The summed E-state index contributed by atoms with van der Waals surface area (Å²) in [6, 6.07) is 7.23. The zero-order valence-corrected chi connectivity index (χ0v) is 9.04. The van der Waals surface area contributed by atoms with Gasteiger partial charge in [-0.05, 0) is 30.5 Å². The van der Waals surface area contributed by atoms with Gasteiger partial charge in [0.25, 0.3) is 5.91 Å². The minimum absolute atomic E-state index is 0.104. The SMILES string of the molecule is Cc1sccc1C(=O)Nc1ccccn1. The molecule has 0 fully saturated rings. The Morgan fingerprint density at radius 2 is 2.27 bits per heavy atom. The van der Waals surface area contributed by atoms with Gasteiger partial charge in [-0.3, -0.25) is 4.79 Å². The van der Waals surface area contributed by atoms with Crippen LogP contribution in [-0.4, -0.2) is 10.9 Å². The van der Waals surface area contributed by atoms with Crippen LogP contribution in [0.4, 0.5) is 5.82 Å². The standard InChI is InChI=1S/C11H10N2OS/c1-8-9(5-7-15-8)11(14)13-10-4-2-3-6-12-10/h2-7H,1H3,(H,12,13,14). The minimum atomic E-state index is -0.104. The van der Waals surface area contributed by atoms with E-state index in [0.29, 0.717) is 11.4 Å². The van der Waals surface area contributed by atoms with E-state index in [1.807, 2.05) is 30.5 Å². The number of rotatable bonds is 2. The van der Waals surface area contributed by atoms with Gasteiger partial charge in [-0.15, -0.1) is 11.3 Å². The maximum absolute atomic E-state index is 11.8. The van der Waals surface area contributed by atoms with Crippen LogP contribution >= 0.6 is 11.3 Å². The van der Waals surface area contributed by atoms with E-state index in [1.165, 1.54) is 0 Å². The lowest BCUT2D eigenvalue weighted by atomic mass is 10.2. The molecule has 2 heterocycles. The highest BCUT2D eigenvalue weighted by Crippen LogP contribution is 2.16. The van der Waals surface area contributed by atoms with E-state index in [4.69, 9.17) is 0 Å². The minimum Gasteiger partial charge on any atom is -0.307 e. The summed E-state index contributed by atoms with van der Waals surface area (Å²) in [5.41, 5.74) is 0.714. The molecule has 1 amide bonds. The van der Waals surface area contributed by atoms with E-state index < -0.39 is 0 Å². The maximum atomic E-state index is 11.8. The van der Waals surface area contributed by atoms with E-state index in [0.717, 1.165) is 4.88 Å². The lowest BCUT2D eigenvalue weighted by molar-refractivity contribution is 0.102. The van der Waals surface area contributed by atoms with Crippen LogP contribution in [0.15, 0.2) is 35.8 Å². The van der Waals surface area contributed by atoms with Crippen molar-refractivity contribution in [3.63, 3.8) is 0 Å². The molecule has 0 spiro atoms. The first-order valence-electron chi connectivity index (χ1n) is 4.54. The Morgan fingerprint density at radius 3 is 2.87 bits per heavy atom. The Kier molecular flexibility index (Phi) is 2.78. The first-order chi connectivity index (χ1) is 7.27. The quantitative estimate of drug-likeness (QED) is 0.842. The van der Waals surface area contributed by atoms with Gasteiger partial charge in [-0.2, -0.15) is 0 Å². The van der Waals surface area contributed by atoms with Gasteiger partial charge >= 0.3 is 0 Å². The van der Waals surface area contributed by atoms with Crippen LogP contribution < -0.4 is 5.32 Å². The summed E-state index contributed by atoms with van der Waals surface area (Å²) in [7, 11) is 0. The van der Waals surface area contributed by atoms with Crippen molar-refractivity contribution >= 4 is 23.1 Å². The number of thiophene rings is 1. The summed E-state index contributed by atoms with van der Waals surface area (Å²) < 4.78 is 0. The van der Waals surface area contributed by atoms with Crippen molar-refractivity contribution in [2.24, 2.45) is 0 Å². The molecule has 0 unspecified atom stereocenters. The second-order valence-corrected chi connectivity index (χ2v) is 4.18. The van der Waals surface area contributed by atoms with Gasteiger partial charge in [0.2, 0.25) is 0 Å². The summed E-state index contributed by atoms with van der Waals surface area (Å²) in [4.78, 5) is 16.8. The highest BCUT2D eigenvalue weighted by molar-refractivity contribution is 7.10. The second kappa shape index (κ2) is 4.23. The molecule has 0 aliphatic carbocycles. The van der Waals surface area contributed by atoms with Gasteiger partial charge in [0.1, 0.15) is 5.82 Å². The van der Waals surface area contributed by atoms with E-state index in [1.54, 1.807) is 23.6 Å². The fourth-order valence-corrected chi connectivity index (χ4v) is 1.94. The van der Waals surface area contributed by atoms with Crippen molar-refractivity contribution in [1.82, 2.24) is 4.98 Å². The van der Waals surface area contributed by atoms with Crippen LogP contribution in [0.25, 0.3) is 0 Å². The Morgan fingerprint density at radius 1 is 1.40 bits per heavy atom. The van der Waals surface area contributed by atoms with E-state index in [2.05, 4.69) is 10.3 Å². The van der Waals surface area contributed by atoms with Gasteiger partial charge in [0.15, 0.2) is 0 Å². The molecular formula is C11H10N2OS. The van der Waals surface area contributed by atoms with Gasteiger partial charge < -0.3 is 5.32 Å². The van der Waals surface area contributed by atoms with Gasteiger partial charge in [-0.25, -0.2) is 4.98 Å². The molecule has 76 valence electrons. The number of amides is 1. The molecule has 0 bridgehead atoms. The van der Waals surface area contributed by atoms with Crippen molar-refractivity contribution in [1.29, 1.82) is 0 Å². The summed E-state index contributed by atoms with van der Waals surface area (Å²) >= 11 is 1.56. The highest BCUT2D eigenvalue weighted by Gasteiger charge is 2.09. The molecule has 0 aliphatic heterocycles. The van der Waals surface area contributed by atoms with Gasteiger partial charge in [0, 0.05) is 11.1 Å². The van der Waals surface area contributed by atoms with Crippen molar-refractivity contribution in [2.75, 3.05) is 5.32 Å². The third kappa shape index (κ3) is 2.22. The average molecular weight is 218 g/mol. The first kappa shape index (κ1) is 9.86. The summed E-state index contributed by atoms with van der Waals surface area (Å²) in [5.74, 6) is 0.473.